The molecule has 1 aromatic rings. The molecular weight excluding hydrogens is 845 g/mol. The largest absolute Gasteiger partial charge is 0.316 e. The first-order chi connectivity index (χ1) is 33.6. The van der Waals surface area contributed by atoms with Crippen LogP contribution in [0.25, 0.3) is 30.5 Å². The van der Waals surface area contributed by atoms with Crippen molar-refractivity contribution in [3.05, 3.63) is 268 Å². The van der Waals surface area contributed by atoms with E-state index in [1.807, 2.05) is 50.8 Å². The summed E-state index contributed by atoms with van der Waals surface area (Å²) in [6.45, 7) is 53.5. The molecule has 2 heterocycles. The van der Waals surface area contributed by atoms with Crippen molar-refractivity contribution in [2.75, 3.05) is 0 Å². The van der Waals surface area contributed by atoms with Crippen molar-refractivity contribution in [2.24, 2.45) is 5.92 Å². The van der Waals surface area contributed by atoms with Gasteiger partial charge in [-0.05, 0) is 151 Å². The fourth-order valence-corrected chi connectivity index (χ4v) is 8.85. The number of allylic oxidation sites excluding steroid dienone is 33. The van der Waals surface area contributed by atoms with Crippen molar-refractivity contribution in [1.82, 2.24) is 9.47 Å². The highest BCUT2D eigenvalue weighted by molar-refractivity contribution is 5.79. The minimum atomic E-state index is 0.473. The predicted molar refractivity (Wildman–Crippen MR) is 317 cm³/mol. The first kappa shape index (κ1) is 57.4. The van der Waals surface area contributed by atoms with Crippen LogP contribution in [-0.2, 0) is 0 Å². The van der Waals surface area contributed by atoms with Crippen LogP contribution in [0.15, 0.2) is 246 Å². The van der Waals surface area contributed by atoms with Gasteiger partial charge in [-0.2, -0.15) is 0 Å². The molecule has 1 aliphatic carbocycles. The molecule has 2 bridgehead atoms. The first-order valence-corrected chi connectivity index (χ1v) is 25.2. The number of rotatable bonds is 12. The van der Waals surface area contributed by atoms with Crippen LogP contribution in [0.1, 0.15) is 125 Å². The molecule has 1 atom stereocenters. The zero-order chi connectivity index (χ0) is 51.8. The summed E-state index contributed by atoms with van der Waals surface area (Å²) < 4.78 is 2.15. The van der Waals surface area contributed by atoms with Crippen LogP contribution in [0.5, 0.6) is 0 Å². The lowest BCUT2D eigenvalue weighted by atomic mass is 9.85. The van der Waals surface area contributed by atoms with E-state index in [1.165, 1.54) is 44.6 Å². The normalized spacial score (nSPS) is 26.1. The average Bonchev–Trinajstić information content (AvgIpc) is 3.57. The van der Waals surface area contributed by atoms with Crippen LogP contribution in [0.4, 0.5) is 0 Å². The molecule has 2 heteroatoms. The van der Waals surface area contributed by atoms with E-state index in [0.717, 1.165) is 95.0 Å². The highest BCUT2D eigenvalue weighted by atomic mass is 15.2. The Morgan fingerprint density at radius 1 is 0.757 bits per heavy atom. The Kier molecular flexibility index (Phi) is 24.5. The molecular formula is C68H84N2. The summed E-state index contributed by atoms with van der Waals surface area (Å²) in [5.41, 5.74) is 16.2. The van der Waals surface area contributed by atoms with E-state index in [1.54, 1.807) is 0 Å². The molecule has 0 N–H and O–H groups in total. The second-order valence-electron chi connectivity index (χ2n) is 18.2. The Hall–Kier alpha value is -6.90. The quantitative estimate of drug-likeness (QED) is 0.190. The molecule has 0 radical (unpaired) electrons. The topological polar surface area (TPSA) is 8.17 Å². The average molecular weight is 929 g/mol. The highest BCUT2D eigenvalue weighted by Crippen LogP contribution is 2.36. The minimum Gasteiger partial charge on any atom is -0.316 e. The van der Waals surface area contributed by atoms with Crippen molar-refractivity contribution in [2.45, 2.75) is 114 Å². The SMILES string of the molecule is C=C/C1=C(\C=C/C)C(=C)n2c(C=C)c(/C=C3\C\C(C)=C(\C=C/C=C\C)C(/C=C\C=C/C)=C/C(C)=C3/C=C\C)/c(c2=C)=C/C=C\CCCC(C)/C=C\C=C(/C)C/C=C\C(CCC)=C/C(=C)N(C(=C)C)C1=C. The summed E-state index contributed by atoms with van der Waals surface area (Å²) >= 11 is 0. The number of aromatic nitrogens is 1. The maximum atomic E-state index is 4.84. The second-order valence-corrected chi connectivity index (χ2v) is 18.2. The molecule has 2 nitrogen and oxygen atoms in total. The molecule has 0 fully saturated rings. The lowest BCUT2D eigenvalue weighted by Gasteiger charge is -2.30. The lowest BCUT2D eigenvalue weighted by molar-refractivity contribution is 0.561. The van der Waals surface area contributed by atoms with Crippen molar-refractivity contribution in [3.8, 4) is 0 Å². The molecule has 0 aromatic carbocycles. The van der Waals surface area contributed by atoms with Crippen LogP contribution in [0, 0.1) is 5.92 Å². The Bertz CT molecular complexity index is 2770. The zero-order valence-corrected chi connectivity index (χ0v) is 44.8. The van der Waals surface area contributed by atoms with Crippen LogP contribution in [0.3, 0.4) is 0 Å². The summed E-state index contributed by atoms with van der Waals surface area (Å²) in [5.74, 6) is 0.473. The van der Waals surface area contributed by atoms with Gasteiger partial charge in [-0.3, -0.25) is 0 Å². The minimum absolute atomic E-state index is 0.473. The van der Waals surface area contributed by atoms with E-state index < -0.39 is 0 Å². The molecule has 2 aliphatic rings. The summed E-state index contributed by atoms with van der Waals surface area (Å²) in [5, 5.41) is 1.80. The van der Waals surface area contributed by atoms with E-state index in [2.05, 4.69) is 206 Å². The van der Waals surface area contributed by atoms with Crippen molar-refractivity contribution in [1.29, 1.82) is 0 Å². The van der Waals surface area contributed by atoms with Gasteiger partial charge in [-0.1, -0.05) is 211 Å². The van der Waals surface area contributed by atoms with Crippen LogP contribution in [-0.4, -0.2) is 9.47 Å². The van der Waals surface area contributed by atoms with E-state index in [0.29, 0.717) is 11.6 Å². The third kappa shape index (κ3) is 16.1. The summed E-state index contributed by atoms with van der Waals surface area (Å²) in [6.07, 6.45) is 60.7. The summed E-state index contributed by atoms with van der Waals surface area (Å²) in [7, 11) is 0. The van der Waals surface area contributed by atoms with E-state index in [-0.39, 0.29) is 0 Å². The molecule has 1 aromatic heterocycles. The van der Waals surface area contributed by atoms with Crippen molar-refractivity contribution >= 4 is 30.5 Å². The maximum Gasteiger partial charge on any atom is 0.0535 e. The Balaban J connectivity index is 2.59. The van der Waals surface area contributed by atoms with Gasteiger partial charge in [0.15, 0.2) is 0 Å². The molecule has 366 valence electrons. The monoisotopic (exact) mass is 929 g/mol. The smallest absolute Gasteiger partial charge is 0.0535 e. The van der Waals surface area contributed by atoms with Gasteiger partial charge in [0.2, 0.25) is 0 Å². The van der Waals surface area contributed by atoms with Crippen LogP contribution < -0.4 is 10.6 Å². The predicted octanol–water partition coefficient (Wildman–Crippen LogP) is 18.5. The van der Waals surface area contributed by atoms with Gasteiger partial charge in [0.05, 0.1) is 5.69 Å². The standard InChI is InChI=1S/C68H84N2/c1-18-25-29-43-60-46-53(12)63(36-21-4)61(47-54(13)64(60)44-30-26-19-2)49-67-66-45-32-28-27-31-38-51(10)39-33-40-52(11)41-34-42-59(35-20-3)48-55(14)69(50(8)9)56(15)62(23-6)65(37-22-5)57(16)70(58(66)17)68(67)24-7/h18-19,21-26,28-30,32-34,36-37,39-40,42-46,48-49,51H,6-8,14-17,20,27,31,35,38,41,47H2,1-5,9-13H3/b25-18-,26-19-,32-28-,36-21-,37-22-,39-33-,42-34-,43-29-,44-30-,52-40+,59-48-,60-46+,61-49+,63-53-,64-54-,65-62-,66-45+. The number of nitrogens with zero attached hydrogens (tertiary/aromatic N) is 2. The van der Waals surface area contributed by atoms with Crippen LogP contribution in [0.2, 0.25) is 0 Å². The van der Waals surface area contributed by atoms with Crippen molar-refractivity contribution in [3.63, 3.8) is 0 Å². The van der Waals surface area contributed by atoms with E-state index in [9.17, 15) is 0 Å². The number of fused-ring (bicyclic) bond motifs is 2. The first-order valence-electron chi connectivity index (χ1n) is 25.2. The lowest BCUT2D eigenvalue weighted by Crippen LogP contribution is -2.28. The van der Waals surface area contributed by atoms with Gasteiger partial charge in [0.1, 0.15) is 0 Å². The molecule has 70 heavy (non-hydrogen) atoms. The molecule has 1 unspecified atom stereocenters. The number of hydrogen-bond donors (Lipinski definition) is 0. The van der Waals surface area contributed by atoms with Gasteiger partial charge in [-0.25, -0.2) is 0 Å². The third-order valence-electron chi connectivity index (χ3n) is 12.3. The molecule has 0 saturated heterocycles. The molecule has 0 saturated carbocycles. The van der Waals surface area contributed by atoms with Gasteiger partial charge in [-0.15, -0.1) is 0 Å². The van der Waals surface area contributed by atoms with Gasteiger partial charge in [0, 0.05) is 50.1 Å². The van der Waals surface area contributed by atoms with Gasteiger partial charge >= 0.3 is 0 Å². The fourth-order valence-electron chi connectivity index (χ4n) is 8.85. The second kappa shape index (κ2) is 29.9. The summed E-state index contributed by atoms with van der Waals surface area (Å²) in [6, 6.07) is 0. The molecule has 1 aliphatic heterocycles. The van der Waals surface area contributed by atoms with E-state index >= 15 is 0 Å². The maximum absolute atomic E-state index is 4.84. The summed E-state index contributed by atoms with van der Waals surface area (Å²) in [4.78, 5) is 2.02. The van der Waals surface area contributed by atoms with Gasteiger partial charge in [0.25, 0.3) is 0 Å². The Morgan fingerprint density at radius 3 is 2.07 bits per heavy atom. The zero-order valence-electron chi connectivity index (χ0n) is 44.8. The third-order valence-corrected chi connectivity index (χ3v) is 12.3. The Labute approximate surface area is 425 Å². The van der Waals surface area contributed by atoms with Gasteiger partial charge < -0.3 is 9.47 Å². The highest BCUT2D eigenvalue weighted by Gasteiger charge is 2.22. The number of hydrogen-bond acceptors (Lipinski definition) is 1. The van der Waals surface area contributed by atoms with Crippen molar-refractivity contribution < 1.29 is 0 Å². The van der Waals surface area contributed by atoms with Crippen LogP contribution >= 0.6 is 0 Å². The molecule has 0 spiro atoms. The fraction of sp³-hybridized carbons (Fsp3) is 0.265. The van der Waals surface area contributed by atoms with E-state index in [4.69, 9.17) is 19.7 Å². The molecule has 3 rings (SSSR count). The Morgan fingerprint density at radius 2 is 1.44 bits per heavy atom. The molecule has 0 amide bonds.